The number of aliphatic hydroxyl groups excluding tert-OH is 7. The van der Waals surface area contributed by atoms with Gasteiger partial charge in [-0.25, -0.2) is 0 Å². The Hall–Kier alpha value is -2.80. The van der Waals surface area contributed by atoms with Crippen molar-refractivity contribution in [1.82, 2.24) is 0 Å². The summed E-state index contributed by atoms with van der Waals surface area (Å²) in [5, 5.41) is 71.8. The van der Waals surface area contributed by atoms with Gasteiger partial charge in [0.2, 0.25) is 0 Å². The molecule has 2 aliphatic rings. The van der Waals surface area contributed by atoms with E-state index in [0.717, 1.165) is 57.8 Å². The van der Waals surface area contributed by atoms with E-state index in [9.17, 15) is 45.3 Å². The molecule has 0 aromatic rings. The summed E-state index contributed by atoms with van der Waals surface area (Å²) in [6.45, 7) is 2.32. The molecule has 2 rings (SSSR count). The zero-order valence-corrected chi connectivity index (χ0v) is 36.4. The molecule has 0 amide bonds. The highest BCUT2D eigenvalue weighted by Gasteiger charge is 2.47. The van der Waals surface area contributed by atoms with Crippen molar-refractivity contribution < 1.29 is 73.8 Å². The van der Waals surface area contributed by atoms with Gasteiger partial charge in [-0.2, -0.15) is 0 Å². The summed E-state index contributed by atoms with van der Waals surface area (Å²) in [7, 11) is 0. The average molecular weight is 869 g/mol. The molecule has 0 aromatic heterocycles. The van der Waals surface area contributed by atoms with Gasteiger partial charge in [-0.3, -0.25) is 9.59 Å². The zero-order chi connectivity index (χ0) is 44.7. The second kappa shape index (κ2) is 33.7. The summed E-state index contributed by atoms with van der Waals surface area (Å²) >= 11 is 0. The van der Waals surface area contributed by atoms with Gasteiger partial charge < -0.3 is 64.2 Å². The summed E-state index contributed by atoms with van der Waals surface area (Å²) in [6, 6.07) is 0. The largest absolute Gasteiger partial charge is 0.462 e. The van der Waals surface area contributed by atoms with Crippen LogP contribution in [0.25, 0.3) is 0 Å². The highest BCUT2D eigenvalue weighted by Crippen LogP contribution is 2.26. The molecule has 61 heavy (non-hydrogen) atoms. The Bertz CT molecular complexity index is 1300. The molecule has 350 valence electrons. The van der Waals surface area contributed by atoms with Crippen molar-refractivity contribution in [3.63, 3.8) is 0 Å². The van der Waals surface area contributed by atoms with E-state index < -0.39 is 99.3 Å². The van der Waals surface area contributed by atoms with Crippen molar-refractivity contribution in [3.05, 3.63) is 60.8 Å². The van der Waals surface area contributed by atoms with Crippen LogP contribution in [0.3, 0.4) is 0 Å². The Morgan fingerprint density at radius 1 is 0.541 bits per heavy atom. The van der Waals surface area contributed by atoms with Gasteiger partial charge in [0.15, 0.2) is 18.7 Å². The molecule has 0 spiro atoms. The van der Waals surface area contributed by atoms with E-state index in [1.807, 2.05) is 18.2 Å². The van der Waals surface area contributed by atoms with Crippen LogP contribution in [0.4, 0.5) is 0 Å². The summed E-state index contributed by atoms with van der Waals surface area (Å²) in [6.07, 6.45) is 18.6. The first-order chi connectivity index (χ1) is 29.5. The first-order valence-electron chi connectivity index (χ1n) is 22.4. The minimum Gasteiger partial charge on any atom is -0.462 e. The fourth-order valence-electron chi connectivity index (χ4n) is 6.52. The number of hydrogen-bond donors (Lipinski definition) is 7. The van der Waals surface area contributed by atoms with Gasteiger partial charge in [0, 0.05) is 12.8 Å². The Morgan fingerprint density at radius 2 is 1.07 bits per heavy atom. The second-order valence-corrected chi connectivity index (χ2v) is 15.5. The third-order valence-corrected chi connectivity index (χ3v) is 10.2. The third kappa shape index (κ3) is 22.9. The van der Waals surface area contributed by atoms with E-state index in [4.69, 9.17) is 28.4 Å². The lowest BCUT2D eigenvalue weighted by Crippen LogP contribution is -2.61. The van der Waals surface area contributed by atoms with Gasteiger partial charge in [-0.05, 0) is 64.2 Å². The minimum absolute atomic E-state index is 0.0398. The molecule has 0 aliphatic carbocycles. The van der Waals surface area contributed by atoms with Gasteiger partial charge in [0.05, 0.1) is 19.8 Å². The highest BCUT2D eigenvalue weighted by molar-refractivity contribution is 5.70. The Kier molecular flexibility index (Phi) is 30.0. The van der Waals surface area contributed by atoms with Crippen LogP contribution in [-0.2, 0) is 38.0 Å². The molecule has 11 unspecified atom stereocenters. The van der Waals surface area contributed by atoms with Crippen LogP contribution in [0.5, 0.6) is 0 Å². The maximum Gasteiger partial charge on any atom is 0.306 e. The predicted octanol–water partition coefficient (Wildman–Crippen LogP) is 4.53. The number of aliphatic hydroxyl groups is 7. The molecular weight excluding hydrogens is 792 g/mol. The SMILES string of the molecule is CC/C=C\C/C=C\C/C=C\C/C=C\CCC(=O)OC(COC(=O)CCCCCCC/C=C\CCCCC)COC1OC(COC2OC(CO)C(O)C(O)C2O)C(O)C(O)C1O. The molecule has 0 aromatic carbocycles. The van der Waals surface area contributed by atoms with Crippen molar-refractivity contribution in [1.29, 1.82) is 0 Å². The summed E-state index contributed by atoms with van der Waals surface area (Å²) in [5.41, 5.74) is 0. The lowest BCUT2D eigenvalue weighted by Gasteiger charge is -2.42. The van der Waals surface area contributed by atoms with Crippen LogP contribution < -0.4 is 0 Å². The Labute approximate surface area is 362 Å². The van der Waals surface area contributed by atoms with E-state index in [0.29, 0.717) is 19.3 Å². The number of unbranched alkanes of at least 4 members (excludes halogenated alkanes) is 8. The quantitative estimate of drug-likeness (QED) is 0.0280. The molecular formula is C46H76O15. The monoisotopic (exact) mass is 869 g/mol. The molecule has 2 aliphatic heterocycles. The topological polar surface area (TPSA) is 231 Å². The number of carbonyl (C=O) groups is 2. The van der Waals surface area contributed by atoms with E-state index in [1.165, 1.54) is 19.3 Å². The molecule has 15 heteroatoms. The van der Waals surface area contributed by atoms with Gasteiger partial charge >= 0.3 is 11.9 Å². The molecule has 2 saturated heterocycles. The van der Waals surface area contributed by atoms with Crippen molar-refractivity contribution in [2.24, 2.45) is 0 Å². The number of allylic oxidation sites excluding steroid dienone is 10. The van der Waals surface area contributed by atoms with Crippen LogP contribution >= 0.6 is 0 Å². The molecule has 11 atom stereocenters. The second-order valence-electron chi connectivity index (χ2n) is 15.5. The molecule has 0 saturated carbocycles. The van der Waals surface area contributed by atoms with Gasteiger partial charge in [0.25, 0.3) is 0 Å². The number of hydrogen-bond acceptors (Lipinski definition) is 15. The summed E-state index contributed by atoms with van der Waals surface area (Å²) in [4.78, 5) is 25.5. The maximum atomic E-state index is 12.9. The number of carbonyl (C=O) groups excluding carboxylic acids is 2. The third-order valence-electron chi connectivity index (χ3n) is 10.2. The Balaban J connectivity index is 1.91. The van der Waals surface area contributed by atoms with Crippen molar-refractivity contribution in [2.75, 3.05) is 26.4 Å². The van der Waals surface area contributed by atoms with Crippen molar-refractivity contribution in [3.8, 4) is 0 Å². The fraction of sp³-hybridized carbons (Fsp3) is 0.739. The highest BCUT2D eigenvalue weighted by atomic mass is 16.7. The standard InChI is InChI=1S/C46H76O15/c1-3-5-7-9-11-13-15-17-19-21-23-25-27-29-38(49)59-34(31-56-37(48)28-26-24-22-20-18-16-14-12-10-8-6-4-2)32-57-45-44(55)42(53)40(51)36(61-45)33-58-46-43(54)41(52)39(50)35(30-47)60-46/h5,7,11-14,17,19,23,25,34-36,39-47,50-55H,3-4,6,8-10,15-16,18,20-22,24,26-33H2,1-2H3/b7-5-,13-11-,14-12-,19-17-,25-23-. The molecule has 2 heterocycles. The number of esters is 2. The van der Waals surface area contributed by atoms with Crippen LogP contribution in [0.2, 0.25) is 0 Å². The predicted molar refractivity (Wildman–Crippen MR) is 229 cm³/mol. The maximum absolute atomic E-state index is 12.9. The lowest BCUT2D eigenvalue weighted by molar-refractivity contribution is -0.332. The van der Waals surface area contributed by atoms with E-state index >= 15 is 0 Å². The number of rotatable bonds is 32. The summed E-state index contributed by atoms with van der Waals surface area (Å²) < 4.78 is 33.3. The zero-order valence-electron chi connectivity index (χ0n) is 36.4. The number of ether oxygens (including phenoxy) is 6. The van der Waals surface area contributed by atoms with Gasteiger partial charge in [-0.1, -0.05) is 107 Å². The van der Waals surface area contributed by atoms with E-state index in [1.54, 1.807) is 0 Å². The van der Waals surface area contributed by atoms with Gasteiger partial charge in [-0.15, -0.1) is 0 Å². The van der Waals surface area contributed by atoms with Crippen LogP contribution in [0, 0.1) is 0 Å². The van der Waals surface area contributed by atoms with E-state index in [-0.39, 0.29) is 19.4 Å². The Morgan fingerprint density at radius 3 is 1.69 bits per heavy atom. The van der Waals surface area contributed by atoms with E-state index in [2.05, 4.69) is 56.4 Å². The lowest BCUT2D eigenvalue weighted by atomic mass is 9.98. The average Bonchev–Trinajstić information content (AvgIpc) is 3.25. The minimum atomic E-state index is -1.78. The molecule has 15 nitrogen and oxygen atoms in total. The summed E-state index contributed by atoms with van der Waals surface area (Å²) in [5.74, 6) is -1.04. The van der Waals surface area contributed by atoms with Crippen molar-refractivity contribution in [2.45, 2.75) is 191 Å². The van der Waals surface area contributed by atoms with Crippen LogP contribution in [0.1, 0.15) is 123 Å². The van der Waals surface area contributed by atoms with Gasteiger partial charge in [0.1, 0.15) is 55.4 Å². The first kappa shape index (κ1) is 54.3. The molecule has 7 N–H and O–H groups in total. The molecule has 2 fully saturated rings. The normalized spacial score (nSPS) is 27.9. The molecule has 0 bridgehead atoms. The fourth-order valence-corrected chi connectivity index (χ4v) is 6.52. The van der Waals surface area contributed by atoms with Crippen molar-refractivity contribution >= 4 is 11.9 Å². The smallest absolute Gasteiger partial charge is 0.306 e. The molecule has 0 radical (unpaired) electrons. The van der Waals surface area contributed by atoms with Crippen LogP contribution in [-0.4, -0.2) is 142 Å². The van der Waals surface area contributed by atoms with Crippen LogP contribution in [0.15, 0.2) is 60.8 Å². The first-order valence-corrected chi connectivity index (χ1v) is 22.4.